The minimum atomic E-state index is 0. The predicted molar refractivity (Wildman–Crippen MR) is 84.2 cm³/mol. The lowest BCUT2D eigenvalue weighted by atomic mass is 9.91. The fraction of sp³-hybridized carbons (Fsp3) is 0.0625. The third-order valence-electron chi connectivity index (χ3n) is 3.70. The molecule has 2 N–H and O–H groups in total. The summed E-state index contributed by atoms with van der Waals surface area (Å²) in [5.74, 6) is 0.766. The normalized spacial score (nSPS) is 18.2. The summed E-state index contributed by atoms with van der Waals surface area (Å²) in [5, 5.41) is 0. The van der Waals surface area contributed by atoms with Gasteiger partial charge in [0.25, 0.3) is 0 Å². The molecule has 2 aromatic rings. The zero-order chi connectivity index (χ0) is 12.8. The van der Waals surface area contributed by atoms with Crippen LogP contribution in [0.15, 0.2) is 60.3 Å². The third-order valence-corrected chi connectivity index (χ3v) is 3.70. The molecule has 1 aliphatic carbocycles. The molecule has 0 fully saturated rings. The minimum Gasteiger partial charge on any atom is -0.369 e. The first-order valence-corrected chi connectivity index (χ1v) is 6.33. The highest BCUT2D eigenvalue weighted by Crippen LogP contribution is 2.37. The summed E-state index contributed by atoms with van der Waals surface area (Å²) in [6.07, 6.45) is 12.6. The molecule has 0 amide bonds. The van der Waals surface area contributed by atoms with E-state index in [1.54, 1.807) is 0 Å². The first-order chi connectivity index (χ1) is 9.34. The molecular weight excluding hydrogens is 270 g/mol. The molecule has 1 aromatic carbocycles. The SMILES string of the molecule is Cl.Nc1ncc2n1-c1ccccc1C=C1C=CC=CC12. The third kappa shape index (κ3) is 1.71. The van der Waals surface area contributed by atoms with E-state index < -0.39 is 0 Å². The second-order valence-electron chi connectivity index (χ2n) is 4.80. The van der Waals surface area contributed by atoms with Crippen molar-refractivity contribution in [2.45, 2.75) is 5.92 Å². The molecule has 0 saturated carbocycles. The Hall–Kier alpha value is -2.26. The smallest absolute Gasteiger partial charge is 0.205 e. The summed E-state index contributed by atoms with van der Waals surface area (Å²) in [4.78, 5) is 4.29. The van der Waals surface area contributed by atoms with Crippen LogP contribution in [0.5, 0.6) is 0 Å². The number of imidazole rings is 1. The number of hydrogen-bond donors (Lipinski definition) is 1. The zero-order valence-corrected chi connectivity index (χ0v) is 11.5. The number of para-hydroxylation sites is 1. The van der Waals surface area contributed by atoms with E-state index in [4.69, 9.17) is 5.73 Å². The molecule has 1 unspecified atom stereocenters. The largest absolute Gasteiger partial charge is 0.369 e. The van der Waals surface area contributed by atoms with Gasteiger partial charge in [0.05, 0.1) is 17.6 Å². The van der Waals surface area contributed by atoms with E-state index in [0.29, 0.717) is 5.95 Å². The maximum atomic E-state index is 6.05. The Morgan fingerprint density at radius 3 is 2.90 bits per heavy atom. The molecule has 4 rings (SSSR count). The van der Waals surface area contributed by atoms with Crippen LogP contribution in [-0.4, -0.2) is 9.55 Å². The lowest BCUT2D eigenvalue weighted by Crippen LogP contribution is -2.08. The second kappa shape index (κ2) is 4.69. The Morgan fingerprint density at radius 1 is 1.15 bits per heavy atom. The van der Waals surface area contributed by atoms with Gasteiger partial charge in [-0.25, -0.2) is 4.98 Å². The number of anilines is 1. The summed E-state index contributed by atoms with van der Waals surface area (Å²) in [5.41, 5.74) is 10.7. The van der Waals surface area contributed by atoms with Crippen molar-refractivity contribution >= 4 is 24.4 Å². The van der Waals surface area contributed by atoms with Crippen LogP contribution in [0.4, 0.5) is 5.95 Å². The van der Waals surface area contributed by atoms with Crippen molar-refractivity contribution in [1.29, 1.82) is 0 Å². The van der Waals surface area contributed by atoms with Gasteiger partial charge >= 0.3 is 0 Å². The maximum Gasteiger partial charge on any atom is 0.205 e. The van der Waals surface area contributed by atoms with E-state index in [0.717, 1.165) is 11.4 Å². The number of nitrogens with zero attached hydrogens (tertiary/aromatic N) is 2. The van der Waals surface area contributed by atoms with Crippen molar-refractivity contribution in [1.82, 2.24) is 9.55 Å². The van der Waals surface area contributed by atoms with Gasteiger partial charge in [-0.3, -0.25) is 4.57 Å². The van der Waals surface area contributed by atoms with Gasteiger partial charge in [0, 0.05) is 5.92 Å². The molecule has 0 saturated heterocycles. The summed E-state index contributed by atoms with van der Waals surface area (Å²) in [6, 6.07) is 8.27. The molecule has 3 nitrogen and oxygen atoms in total. The number of nitrogen functional groups attached to an aromatic ring is 1. The maximum absolute atomic E-state index is 6.05. The number of halogens is 1. The number of fused-ring (bicyclic) bond motifs is 5. The highest BCUT2D eigenvalue weighted by molar-refractivity contribution is 5.85. The molecular formula is C16H14ClN3. The summed E-state index contributed by atoms with van der Waals surface area (Å²) in [6.45, 7) is 0. The van der Waals surface area contributed by atoms with Crippen LogP contribution in [0, 0.1) is 0 Å². The van der Waals surface area contributed by atoms with Crippen molar-refractivity contribution < 1.29 is 0 Å². The van der Waals surface area contributed by atoms with E-state index in [9.17, 15) is 0 Å². The number of rotatable bonds is 0. The topological polar surface area (TPSA) is 43.8 Å². The average Bonchev–Trinajstić information content (AvgIpc) is 2.75. The molecule has 20 heavy (non-hydrogen) atoms. The van der Waals surface area contributed by atoms with E-state index in [-0.39, 0.29) is 18.3 Å². The van der Waals surface area contributed by atoms with Gasteiger partial charge < -0.3 is 5.73 Å². The lowest BCUT2D eigenvalue weighted by Gasteiger charge is -2.16. The Labute approximate surface area is 123 Å². The van der Waals surface area contributed by atoms with Crippen LogP contribution in [0.3, 0.4) is 0 Å². The van der Waals surface area contributed by atoms with E-state index in [1.807, 2.05) is 22.9 Å². The van der Waals surface area contributed by atoms with E-state index >= 15 is 0 Å². The Balaban J connectivity index is 0.00000121. The van der Waals surface area contributed by atoms with Gasteiger partial charge in [-0.1, -0.05) is 42.5 Å². The summed E-state index contributed by atoms with van der Waals surface area (Å²) < 4.78 is 2.05. The van der Waals surface area contributed by atoms with Gasteiger partial charge in [0.2, 0.25) is 5.95 Å². The van der Waals surface area contributed by atoms with Crippen LogP contribution in [-0.2, 0) is 0 Å². The average molecular weight is 284 g/mol. The number of nitrogens with two attached hydrogens (primary N) is 1. The highest BCUT2D eigenvalue weighted by atomic mass is 35.5. The molecule has 2 aliphatic rings. The van der Waals surface area contributed by atoms with Gasteiger partial charge in [0.1, 0.15) is 0 Å². The number of benzene rings is 1. The standard InChI is InChI=1S/C16H13N3.ClH/c17-16-18-10-15-13-7-3-1-5-11(13)9-12-6-2-4-8-14(12)19(15)16;/h1-10,13H,(H2,17,18);1H. The molecule has 0 bridgehead atoms. The summed E-state index contributed by atoms with van der Waals surface area (Å²) in [7, 11) is 0. The van der Waals surface area contributed by atoms with Crippen LogP contribution in [0.2, 0.25) is 0 Å². The van der Waals surface area contributed by atoms with Crippen molar-refractivity contribution in [2.24, 2.45) is 0 Å². The quantitative estimate of drug-likeness (QED) is 0.804. The monoisotopic (exact) mass is 283 g/mol. The Morgan fingerprint density at radius 2 is 2.00 bits per heavy atom. The fourth-order valence-corrected chi connectivity index (χ4v) is 2.82. The van der Waals surface area contributed by atoms with Crippen LogP contribution in [0.25, 0.3) is 11.8 Å². The van der Waals surface area contributed by atoms with Crippen molar-refractivity contribution in [3.8, 4) is 5.69 Å². The van der Waals surface area contributed by atoms with Crippen LogP contribution < -0.4 is 5.73 Å². The minimum absolute atomic E-state index is 0. The Bertz CT molecular complexity index is 753. The lowest BCUT2D eigenvalue weighted by molar-refractivity contribution is 0.901. The fourth-order valence-electron chi connectivity index (χ4n) is 2.82. The first kappa shape index (κ1) is 12.8. The zero-order valence-electron chi connectivity index (χ0n) is 10.7. The van der Waals surface area contributed by atoms with Gasteiger partial charge in [0.15, 0.2) is 0 Å². The van der Waals surface area contributed by atoms with Crippen LogP contribution >= 0.6 is 12.4 Å². The molecule has 1 aliphatic heterocycles. The molecule has 1 aromatic heterocycles. The van der Waals surface area contributed by atoms with Gasteiger partial charge in [-0.2, -0.15) is 0 Å². The number of aromatic nitrogens is 2. The molecule has 0 spiro atoms. The van der Waals surface area contributed by atoms with E-state index in [2.05, 4.69) is 47.5 Å². The number of hydrogen-bond acceptors (Lipinski definition) is 2. The van der Waals surface area contributed by atoms with Crippen molar-refractivity contribution in [3.05, 3.63) is 71.6 Å². The van der Waals surface area contributed by atoms with Crippen molar-refractivity contribution in [3.63, 3.8) is 0 Å². The molecule has 1 atom stereocenters. The summed E-state index contributed by atoms with van der Waals surface area (Å²) >= 11 is 0. The molecule has 4 heteroatoms. The van der Waals surface area contributed by atoms with Crippen molar-refractivity contribution in [2.75, 3.05) is 5.73 Å². The predicted octanol–water partition coefficient (Wildman–Crippen LogP) is 3.48. The highest BCUT2D eigenvalue weighted by Gasteiger charge is 2.24. The molecule has 2 heterocycles. The number of allylic oxidation sites excluding steroid dienone is 5. The second-order valence-corrected chi connectivity index (χ2v) is 4.80. The van der Waals surface area contributed by atoms with Crippen LogP contribution in [0.1, 0.15) is 17.2 Å². The van der Waals surface area contributed by atoms with Gasteiger partial charge in [-0.15, -0.1) is 12.4 Å². The Kier molecular flexibility index (Phi) is 2.99. The molecule has 0 radical (unpaired) electrons. The van der Waals surface area contributed by atoms with E-state index in [1.165, 1.54) is 11.1 Å². The van der Waals surface area contributed by atoms with Gasteiger partial charge in [-0.05, 0) is 23.3 Å². The first-order valence-electron chi connectivity index (χ1n) is 6.33. The molecule has 100 valence electrons.